The molecule has 24 heavy (non-hydrogen) atoms. The minimum atomic E-state index is 0.132. The third-order valence-corrected chi connectivity index (χ3v) is 4.64. The van der Waals surface area contributed by atoms with E-state index in [1.807, 2.05) is 43.1 Å². The van der Waals surface area contributed by atoms with Crippen LogP contribution < -0.4 is 10.1 Å². The van der Waals surface area contributed by atoms with Crippen molar-refractivity contribution in [2.75, 3.05) is 20.7 Å². The van der Waals surface area contributed by atoms with Gasteiger partial charge in [-0.05, 0) is 25.1 Å². The van der Waals surface area contributed by atoms with Crippen molar-refractivity contribution in [3.63, 3.8) is 0 Å². The Labute approximate surface area is 151 Å². The van der Waals surface area contributed by atoms with Crippen LogP contribution >= 0.6 is 22.9 Å². The number of ether oxygens (including phenoxy) is 1. The molecule has 0 amide bonds. The number of hydrogen-bond donors (Lipinski definition) is 2. The second kappa shape index (κ2) is 8.80. The van der Waals surface area contributed by atoms with Crippen LogP contribution in [-0.4, -0.2) is 36.7 Å². The van der Waals surface area contributed by atoms with Crippen molar-refractivity contribution in [2.45, 2.75) is 20.0 Å². The van der Waals surface area contributed by atoms with Crippen molar-refractivity contribution < 1.29 is 9.84 Å². The first-order valence-electron chi connectivity index (χ1n) is 7.63. The average molecular weight is 368 g/mol. The van der Waals surface area contributed by atoms with Crippen LogP contribution in [0, 0.1) is 0 Å². The summed E-state index contributed by atoms with van der Waals surface area (Å²) < 4.78 is 5.91. The summed E-state index contributed by atoms with van der Waals surface area (Å²) in [6, 6.07) is 9.31. The first-order chi connectivity index (χ1) is 11.5. The van der Waals surface area contributed by atoms with Gasteiger partial charge in [-0.1, -0.05) is 23.7 Å². The second-order valence-electron chi connectivity index (χ2n) is 5.20. The number of aliphatic imine (C=N–C) groups is 1. The molecule has 7 heteroatoms. The Balaban J connectivity index is 2.12. The Kier molecular flexibility index (Phi) is 6.75. The van der Waals surface area contributed by atoms with Gasteiger partial charge in [-0.25, -0.2) is 4.99 Å². The smallest absolute Gasteiger partial charge is 0.194 e. The second-order valence-corrected chi connectivity index (χ2v) is 7.00. The molecule has 0 radical (unpaired) electrons. The predicted octanol–water partition coefficient (Wildman–Crippen LogP) is 3.71. The quantitative estimate of drug-likeness (QED) is 0.603. The third-order valence-electron chi connectivity index (χ3n) is 3.42. The molecule has 0 aliphatic rings. The SMILES string of the molecule is CCNC(=NCc1cccc(OC)c1O)N(C)Cc1ccc(Cl)s1. The fraction of sp³-hybridized carbons (Fsp3) is 0.353. The highest BCUT2D eigenvalue weighted by Gasteiger charge is 2.10. The van der Waals surface area contributed by atoms with Gasteiger partial charge in [0, 0.05) is 24.0 Å². The molecule has 0 saturated carbocycles. The highest BCUT2D eigenvalue weighted by Crippen LogP contribution is 2.29. The number of phenols is 1. The van der Waals surface area contributed by atoms with Crippen molar-refractivity contribution in [2.24, 2.45) is 4.99 Å². The number of nitrogens with zero attached hydrogens (tertiary/aromatic N) is 2. The molecule has 0 aliphatic carbocycles. The van der Waals surface area contributed by atoms with Gasteiger partial charge in [0.1, 0.15) is 0 Å². The number of phenolic OH excluding ortho intramolecular Hbond substituents is 1. The van der Waals surface area contributed by atoms with Crippen molar-refractivity contribution in [3.8, 4) is 11.5 Å². The zero-order valence-electron chi connectivity index (χ0n) is 14.0. The molecular weight excluding hydrogens is 346 g/mol. The van der Waals surface area contributed by atoms with Gasteiger partial charge in [0.2, 0.25) is 0 Å². The van der Waals surface area contributed by atoms with Gasteiger partial charge in [-0.15, -0.1) is 11.3 Å². The van der Waals surface area contributed by atoms with E-state index in [-0.39, 0.29) is 5.75 Å². The zero-order valence-corrected chi connectivity index (χ0v) is 15.6. The Morgan fingerprint density at radius 3 is 2.79 bits per heavy atom. The van der Waals surface area contributed by atoms with Crippen LogP contribution in [0.4, 0.5) is 0 Å². The summed E-state index contributed by atoms with van der Waals surface area (Å²) >= 11 is 7.54. The predicted molar refractivity (Wildman–Crippen MR) is 100 cm³/mol. The molecule has 0 saturated heterocycles. The summed E-state index contributed by atoms with van der Waals surface area (Å²) in [7, 11) is 3.51. The third kappa shape index (κ3) is 4.79. The lowest BCUT2D eigenvalue weighted by Gasteiger charge is -2.21. The highest BCUT2D eigenvalue weighted by molar-refractivity contribution is 7.16. The van der Waals surface area contributed by atoms with E-state index >= 15 is 0 Å². The molecule has 0 unspecified atom stereocenters. The number of halogens is 1. The molecule has 0 atom stereocenters. The molecule has 2 rings (SSSR count). The fourth-order valence-electron chi connectivity index (χ4n) is 2.24. The standard InChI is InChI=1S/C17H22ClN3O2S/c1-4-19-17(21(2)11-13-8-9-15(18)24-13)20-10-12-6-5-7-14(23-3)16(12)22/h5-9,22H,4,10-11H2,1-3H3,(H,19,20). The fourth-order valence-corrected chi connectivity index (χ4v) is 3.38. The summed E-state index contributed by atoms with van der Waals surface area (Å²) in [6.07, 6.45) is 0. The first kappa shape index (κ1) is 18.4. The van der Waals surface area contributed by atoms with Crippen LogP contribution in [0.25, 0.3) is 0 Å². The van der Waals surface area contributed by atoms with E-state index in [4.69, 9.17) is 16.3 Å². The van der Waals surface area contributed by atoms with E-state index in [1.165, 1.54) is 7.11 Å². The van der Waals surface area contributed by atoms with Crippen LogP contribution in [0.1, 0.15) is 17.4 Å². The van der Waals surface area contributed by atoms with E-state index in [0.29, 0.717) is 18.8 Å². The molecule has 5 nitrogen and oxygen atoms in total. The highest BCUT2D eigenvalue weighted by atomic mass is 35.5. The number of para-hydroxylation sites is 1. The van der Waals surface area contributed by atoms with Crippen LogP contribution in [0.3, 0.4) is 0 Å². The van der Waals surface area contributed by atoms with E-state index < -0.39 is 0 Å². The normalized spacial score (nSPS) is 11.4. The molecule has 0 fully saturated rings. The molecule has 2 N–H and O–H groups in total. The number of rotatable bonds is 6. The first-order valence-corrected chi connectivity index (χ1v) is 8.83. The molecule has 1 aromatic carbocycles. The van der Waals surface area contributed by atoms with Gasteiger partial charge >= 0.3 is 0 Å². The number of guanidine groups is 1. The summed E-state index contributed by atoms with van der Waals surface area (Å²) in [5.74, 6) is 1.35. The molecule has 0 aliphatic heterocycles. The average Bonchev–Trinajstić information content (AvgIpc) is 2.97. The van der Waals surface area contributed by atoms with Crippen LogP contribution in [0.5, 0.6) is 11.5 Å². The van der Waals surface area contributed by atoms with E-state index in [1.54, 1.807) is 17.4 Å². The number of hydrogen-bond acceptors (Lipinski definition) is 4. The van der Waals surface area contributed by atoms with Crippen LogP contribution in [-0.2, 0) is 13.1 Å². The lowest BCUT2D eigenvalue weighted by Crippen LogP contribution is -2.38. The summed E-state index contributed by atoms with van der Waals surface area (Å²) in [5.41, 5.74) is 0.720. The van der Waals surface area contributed by atoms with Crippen molar-refractivity contribution >= 4 is 28.9 Å². The lowest BCUT2D eigenvalue weighted by molar-refractivity contribution is 0.370. The van der Waals surface area contributed by atoms with Crippen LogP contribution in [0.15, 0.2) is 35.3 Å². The molecule has 0 spiro atoms. The van der Waals surface area contributed by atoms with Gasteiger partial charge in [-0.3, -0.25) is 0 Å². The van der Waals surface area contributed by atoms with Gasteiger partial charge in [0.25, 0.3) is 0 Å². The number of nitrogens with one attached hydrogen (secondary N) is 1. The molecule has 1 heterocycles. The maximum Gasteiger partial charge on any atom is 0.194 e. The zero-order chi connectivity index (χ0) is 17.5. The van der Waals surface area contributed by atoms with E-state index in [0.717, 1.165) is 27.3 Å². The van der Waals surface area contributed by atoms with E-state index in [2.05, 4.69) is 10.3 Å². The topological polar surface area (TPSA) is 57.1 Å². The lowest BCUT2D eigenvalue weighted by atomic mass is 10.2. The Bertz CT molecular complexity index is 703. The Morgan fingerprint density at radius 2 is 2.17 bits per heavy atom. The van der Waals surface area contributed by atoms with Crippen molar-refractivity contribution in [1.82, 2.24) is 10.2 Å². The van der Waals surface area contributed by atoms with E-state index in [9.17, 15) is 5.11 Å². The minimum absolute atomic E-state index is 0.132. The molecule has 130 valence electrons. The summed E-state index contributed by atoms with van der Waals surface area (Å²) in [4.78, 5) is 7.81. The van der Waals surface area contributed by atoms with Gasteiger partial charge < -0.3 is 20.1 Å². The van der Waals surface area contributed by atoms with Crippen LogP contribution in [0.2, 0.25) is 4.34 Å². The van der Waals surface area contributed by atoms with Gasteiger partial charge in [0.15, 0.2) is 17.5 Å². The molecule has 2 aromatic rings. The monoisotopic (exact) mass is 367 g/mol. The van der Waals surface area contributed by atoms with Gasteiger partial charge in [0.05, 0.1) is 24.5 Å². The number of aromatic hydroxyl groups is 1. The number of benzene rings is 1. The van der Waals surface area contributed by atoms with Crippen molar-refractivity contribution in [3.05, 3.63) is 45.1 Å². The van der Waals surface area contributed by atoms with Gasteiger partial charge in [-0.2, -0.15) is 0 Å². The minimum Gasteiger partial charge on any atom is -0.504 e. The Morgan fingerprint density at radius 1 is 1.38 bits per heavy atom. The molecular formula is C17H22ClN3O2S. The maximum absolute atomic E-state index is 10.2. The number of thiophene rings is 1. The molecule has 1 aromatic heterocycles. The van der Waals surface area contributed by atoms with Crippen molar-refractivity contribution in [1.29, 1.82) is 0 Å². The largest absolute Gasteiger partial charge is 0.504 e. The maximum atomic E-state index is 10.2. The molecule has 0 bridgehead atoms. The Hall–Kier alpha value is -1.92. The summed E-state index contributed by atoms with van der Waals surface area (Å²) in [6.45, 7) is 3.86. The number of methoxy groups -OCH3 is 1. The summed E-state index contributed by atoms with van der Waals surface area (Å²) in [5, 5.41) is 13.4.